The minimum atomic E-state index is -0.153. The van der Waals surface area contributed by atoms with E-state index in [1.54, 1.807) is 19.2 Å². The molecule has 1 N–H and O–H groups in total. The van der Waals surface area contributed by atoms with Crippen LogP contribution in [0.25, 0.3) is 0 Å². The summed E-state index contributed by atoms with van der Waals surface area (Å²) in [7, 11) is 1.57. The Morgan fingerprint density at radius 3 is 2.57 bits per heavy atom. The van der Waals surface area contributed by atoms with Crippen LogP contribution in [0.15, 0.2) is 46.9 Å². The summed E-state index contributed by atoms with van der Waals surface area (Å²) in [6, 6.07) is 13.4. The van der Waals surface area contributed by atoms with Gasteiger partial charge in [0.15, 0.2) is 11.5 Å². The topological polar surface area (TPSA) is 60.0 Å². The Morgan fingerprint density at radius 1 is 1.20 bits per heavy atom. The van der Waals surface area contributed by atoms with Crippen molar-refractivity contribution in [1.82, 2.24) is 10.2 Å². The van der Waals surface area contributed by atoms with Crippen molar-refractivity contribution in [2.75, 3.05) is 40.0 Å². The minimum Gasteiger partial charge on any atom is -0.493 e. The van der Waals surface area contributed by atoms with E-state index in [0.717, 1.165) is 31.9 Å². The number of rotatable bonds is 8. The highest BCUT2D eigenvalue weighted by Gasteiger charge is 2.29. The third-order valence-corrected chi connectivity index (χ3v) is 5.86. The summed E-state index contributed by atoms with van der Waals surface area (Å²) in [6.07, 6.45) is 0. The van der Waals surface area contributed by atoms with Crippen LogP contribution in [-0.4, -0.2) is 56.3 Å². The van der Waals surface area contributed by atoms with Crippen molar-refractivity contribution < 1.29 is 19.0 Å². The summed E-state index contributed by atoms with van der Waals surface area (Å²) in [5.41, 5.74) is 1.42. The van der Waals surface area contributed by atoms with Crippen LogP contribution in [0, 0.1) is 0 Å². The number of morpholine rings is 1. The molecule has 3 rings (SSSR count). The molecule has 6 nitrogen and oxygen atoms in total. The molecule has 162 valence electrons. The molecular weight excluding hydrogens is 448 g/mol. The van der Waals surface area contributed by atoms with Crippen molar-refractivity contribution in [3.05, 3.63) is 58.1 Å². The van der Waals surface area contributed by atoms with Gasteiger partial charge in [-0.05, 0) is 47.5 Å². The van der Waals surface area contributed by atoms with Crippen molar-refractivity contribution in [1.29, 1.82) is 0 Å². The predicted octanol–water partition coefficient (Wildman–Crippen LogP) is 3.88. The number of halogens is 1. The van der Waals surface area contributed by atoms with Gasteiger partial charge in [0.05, 0.1) is 24.8 Å². The van der Waals surface area contributed by atoms with E-state index < -0.39 is 0 Å². The number of methoxy groups -OCH3 is 1. The van der Waals surface area contributed by atoms with E-state index in [9.17, 15) is 4.79 Å². The highest BCUT2D eigenvalue weighted by molar-refractivity contribution is 9.10. The van der Waals surface area contributed by atoms with Crippen LogP contribution in [0.5, 0.6) is 11.5 Å². The van der Waals surface area contributed by atoms with Crippen molar-refractivity contribution >= 4 is 21.8 Å². The Kier molecular flexibility index (Phi) is 7.75. The molecule has 1 aliphatic heterocycles. The Bertz CT molecular complexity index is 852. The van der Waals surface area contributed by atoms with Crippen LogP contribution < -0.4 is 14.8 Å². The summed E-state index contributed by atoms with van der Waals surface area (Å²) >= 11 is 3.53. The summed E-state index contributed by atoms with van der Waals surface area (Å²) < 4.78 is 17.5. The minimum absolute atomic E-state index is 0.148. The quantitative estimate of drug-likeness (QED) is 0.626. The zero-order chi connectivity index (χ0) is 21.6. The maximum Gasteiger partial charge on any atom is 0.251 e. The number of nitrogens with zero attached hydrogens (tertiary/aromatic N) is 1. The SMILES string of the molecule is COc1cc(C(=O)NCC(C)(C)N2CCOCC2)cc(Br)c1OCc1ccccc1. The largest absolute Gasteiger partial charge is 0.493 e. The molecule has 0 aromatic heterocycles. The number of nitrogens with one attached hydrogen (secondary N) is 1. The maximum atomic E-state index is 12.8. The van der Waals surface area contributed by atoms with Gasteiger partial charge in [0.1, 0.15) is 6.61 Å². The predicted molar refractivity (Wildman–Crippen MR) is 120 cm³/mol. The normalized spacial score (nSPS) is 14.9. The molecule has 0 unspecified atom stereocenters. The molecule has 0 saturated carbocycles. The molecule has 0 atom stereocenters. The first kappa shape index (κ1) is 22.6. The molecule has 1 saturated heterocycles. The van der Waals surface area contributed by atoms with E-state index in [4.69, 9.17) is 14.2 Å². The van der Waals surface area contributed by atoms with Crippen LogP contribution in [0.4, 0.5) is 0 Å². The number of ether oxygens (including phenoxy) is 3. The molecule has 2 aromatic carbocycles. The van der Waals surface area contributed by atoms with E-state index in [1.807, 2.05) is 30.3 Å². The Hall–Kier alpha value is -2.09. The van der Waals surface area contributed by atoms with Crippen molar-refractivity contribution in [2.24, 2.45) is 0 Å². The van der Waals surface area contributed by atoms with Gasteiger partial charge in [-0.15, -0.1) is 0 Å². The number of amides is 1. The van der Waals surface area contributed by atoms with Crippen LogP contribution >= 0.6 is 15.9 Å². The van der Waals surface area contributed by atoms with Crippen LogP contribution in [-0.2, 0) is 11.3 Å². The van der Waals surface area contributed by atoms with Gasteiger partial charge in [-0.2, -0.15) is 0 Å². The van der Waals surface area contributed by atoms with Gasteiger partial charge in [0.2, 0.25) is 0 Å². The molecule has 0 spiro atoms. The molecule has 30 heavy (non-hydrogen) atoms. The molecule has 0 bridgehead atoms. The fourth-order valence-electron chi connectivity index (χ4n) is 3.40. The van der Waals surface area contributed by atoms with Gasteiger partial charge in [-0.1, -0.05) is 30.3 Å². The third kappa shape index (κ3) is 5.74. The first-order chi connectivity index (χ1) is 14.4. The first-order valence-corrected chi connectivity index (χ1v) is 10.9. The lowest BCUT2D eigenvalue weighted by molar-refractivity contribution is -0.00923. The lowest BCUT2D eigenvalue weighted by atomic mass is 10.0. The van der Waals surface area contributed by atoms with Gasteiger partial charge < -0.3 is 19.5 Å². The monoisotopic (exact) mass is 476 g/mol. The second kappa shape index (κ2) is 10.3. The summed E-state index contributed by atoms with van der Waals surface area (Å²) in [6.45, 7) is 8.42. The summed E-state index contributed by atoms with van der Waals surface area (Å²) in [4.78, 5) is 15.2. The lowest BCUT2D eigenvalue weighted by Crippen LogP contribution is -2.55. The molecular formula is C23H29BrN2O4. The fraction of sp³-hybridized carbons (Fsp3) is 0.435. The van der Waals surface area contributed by atoms with Gasteiger partial charge >= 0.3 is 0 Å². The van der Waals surface area contributed by atoms with E-state index in [2.05, 4.69) is 40.0 Å². The molecule has 1 heterocycles. The first-order valence-electron chi connectivity index (χ1n) is 10.1. The number of carbonyl (C=O) groups excluding carboxylic acids is 1. The second-order valence-corrected chi connectivity index (χ2v) is 8.71. The van der Waals surface area contributed by atoms with E-state index in [-0.39, 0.29) is 11.4 Å². The lowest BCUT2D eigenvalue weighted by Gasteiger charge is -2.40. The summed E-state index contributed by atoms with van der Waals surface area (Å²) in [5.74, 6) is 0.939. The standard InChI is InChI=1S/C23H29BrN2O4/c1-23(2,26-9-11-29-12-10-26)16-25-22(27)18-13-19(24)21(20(14-18)28-3)30-15-17-7-5-4-6-8-17/h4-8,13-14H,9-12,15-16H2,1-3H3,(H,25,27). The number of carbonyl (C=O) groups is 1. The van der Waals surface area contributed by atoms with Crippen LogP contribution in [0.2, 0.25) is 0 Å². The van der Waals surface area contributed by atoms with Gasteiger partial charge in [0.25, 0.3) is 5.91 Å². The Morgan fingerprint density at radius 2 is 1.90 bits per heavy atom. The zero-order valence-corrected chi connectivity index (χ0v) is 19.3. The molecule has 0 radical (unpaired) electrons. The smallest absolute Gasteiger partial charge is 0.251 e. The molecule has 1 aliphatic rings. The summed E-state index contributed by atoms with van der Waals surface area (Å²) in [5, 5.41) is 3.05. The van der Waals surface area contributed by atoms with Gasteiger partial charge in [-0.3, -0.25) is 9.69 Å². The van der Waals surface area contributed by atoms with Crippen molar-refractivity contribution in [3.63, 3.8) is 0 Å². The van der Waals surface area contributed by atoms with E-state index >= 15 is 0 Å². The van der Waals surface area contributed by atoms with Crippen molar-refractivity contribution in [3.8, 4) is 11.5 Å². The molecule has 1 fully saturated rings. The van der Waals surface area contributed by atoms with Crippen molar-refractivity contribution in [2.45, 2.75) is 26.0 Å². The molecule has 2 aromatic rings. The zero-order valence-electron chi connectivity index (χ0n) is 17.7. The Balaban J connectivity index is 1.66. The molecule has 0 aliphatic carbocycles. The Labute approximate surface area is 186 Å². The average molecular weight is 477 g/mol. The molecule has 1 amide bonds. The number of hydrogen-bond acceptors (Lipinski definition) is 5. The van der Waals surface area contributed by atoms with Crippen LogP contribution in [0.3, 0.4) is 0 Å². The number of benzene rings is 2. The number of hydrogen-bond donors (Lipinski definition) is 1. The van der Waals surface area contributed by atoms with E-state index in [1.165, 1.54) is 0 Å². The highest BCUT2D eigenvalue weighted by atomic mass is 79.9. The van der Waals surface area contributed by atoms with E-state index in [0.29, 0.717) is 34.7 Å². The highest BCUT2D eigenvalue weighted by Crippen LogP contribution is 2.37. The second-order valence-electron chi connectivity index (χ2n) is 7.86. The maximum absolute atomic E-state index is 12.8. The van der Waals surface area contributed by atoms with Gasteiger partial charge in [-0.25, -0.2) is 0 Å². The van der Waals surface area contributed by atoms with Crippen LogP contribution in [0.1, 0.15) is 29.8 Å². The third-order valence-electron chi connectivity index (χ3n) is 5.27. The van der Waals surface area contributed by atoms with Gasteiger partial charge in [0, 0.05) is 30.7 Å². The average Bonchev–Trinajstić information content (AvgIpc) is 2.77. The fourth-order valence-corrected chi connectivity index (χ4v) is 3.96. The molecule has 7 heteroatoms.